The van der Waals surface area contributed by atoms with E-state index in [0.717, 1.165) is 12.8 Å². The van der Waals surface area contributed by atoms with Crippen LogP contribution in [0.5, 0.6) is 0 Å². The lowest BCUT2D eigenvalue weighted by Gasteiger charge is -1.94. The van der Waals surface area contributed by atoms with Gasteiger partial charge in [-0.05, 0) is 24.8 Å². The largest absolute Gasteiger partial charge is 0.404 e. The van der Waals surface area contributed by atoms with Crippen molar-refractivity contribution in [1.82, 2.24) is 0 Å². The molecule has 4 nitrogen and oxygen atoms in total. The predicted octanol–water partition coefficient (Wildman–Crippen LogP) is 1.70. The molecule has 0 aliphatic carbocycles. The van der Waals surface area contributed by atoms with Gasteiger partial charge < -0.3 is 9.11 Å². The van der Waals surface area contributed by atoms with Crippen molar-refractivity contribution in [2.45, 2.75) is 25.7 Å². The zero-order valence-corrected chi connectivity index (χ0v) is 6.87. The van der Waals surface area contributed by atoms with Crippen LogP contribution >= 0.6 is 0 Å². The van der Waals surface area contributed by atoms with Crippen molar-refractivity contribution < 1.29 is 9.11 Å². The number of halogens is 1. The van der Waals surface area contributed by atoms with E-state index in [4.69, 9.17) is 5.53 Å². The van der Waals surface area contributed by atoms with Gasteiger partial charge in [0.15, 0.2) is 0 Å². The van der Waals surface area contributed by atoms with Crippen molar-refractivity contribution in [2.75, 3.05) is 6.54 Å². The molecular formula is C6H11BFN3O. The molecule has 12 heavy (non-hydrogen) atoms. The van der Waals surface area contributed by atoms with Crippen LogP contribution in [0.15, 0.2) is 5.11 Å². The van der Waals surface area contributed by atoms with Gasteiger partial charge in [0.05, 0.1) is 0 Å². The maximum atomic E-state index is 11.6. The van der Waals surface area contributed by atoms with E-state index >= 15 is 0 Å². The first-order chi connectivity index (χ1) is 5.81. The fourth-order valence-electron chi connectivity index (χ4n) is 0.793. The number of azide groups is 1. The minimum atomic E-state index is -0.865. The van der Waals surface area contributed by atoms with Crippen molar-refractivity contribution in [1.29, 1.82) is 0 Å². The lowest BCUT2D eigenvalue weighted by Crippen LogP contribution is -2.02. The number of carbonyl (C=O) groups is 1. The van der Waals surface area contributed by atoms with Crippen LogP contribution in [-0.4, -0.2) is 19.8 Å². The summed E-state index contributed by atoms with van der Waals surface area (Å²) in [7, 11) is -0.865. The lowest BCUT2D eigenvalue weighted by molar-refractivity contribution is -0.112. The smallest absolute Gasteiger partial charge is 0.331 e. The molecule has 0 atom stereocenters. The Kier molecular flexibility index (Phi) is 7.39. The molecule has 0 spiro atoms. The van der Waals surface area contributed by atoms with Crippen LogP contribution in [-0.2, 0) is 4.79 Å². The SMILES string of the molecule is [N-]=[N+]=NCCCCCC(=O)BF. The van der Waals surface area contributed by atoms with Crippen LogP contribution in [0.1, 0.15) is 25.7 Å². The molecule has 0 heterocycles. The molecule has 0 radical (unpaired) electrons. The first kappa shape index (κ1) is 11.0. The molecule has 0 aromatic heterocycles. The molecule has 0 N–H and O–H groups in total. The van der Waals surface area contributed by atoms with Crippen molar-refractivity contribution in [3.63, 3.8) is 0 Å². The molecule has 0 aromatic rings. The molecule has 0 rings (SSSR count). The second-order valence-electron chi connectivity index (χ2n) is 2.44. The molecule has 0 unspecified atom stereocenters. The number of nitrogens with zero attached hydrogens (tertiary/aromatic N) is 3. The van der Waals surface area contributed by atoms with Crippen LogP contribution in [0.4, 0.5) is 4.32 Å². The van der Waals surface area contributed by atoms with E-state index in [9.17, 15) is 9.11 Å². The second kappa shape index (κ2) is 8.08. The molecule has 6 heteroatoms. The number of carbonyl (C=O) groups excluding carboxylic acids is 1. The Hall–Kier alpha value is -1.03. The quantitative estimate of drug-likeness (QED) is 0.189. The van der Waals surface area contributed by atoms with Gasteiger partial charge in [-0.25, -0.2) is 0 Å². The fraction of sp³-hybridized carbons (Fsp3) is 0.833. The first-order valence-electron chi connectivity index (χ1n) is 3.89. The van der Waals surface area contributed by atoms with E-state index in [1.54, 1.807) is 0 Å². The molecule has 0 fully saturated rings. The van der Waals surface area contributed by atoms with E-state index in [-0.39, 0.29) is 5.68 Å². The topological polar surface area (TPSA) is 65.8 Å². The summed E-state index contributed by atoms with van der Waals surface area (Å²) in [4.78, 5) is 13.0. The van der Waals surface area contributed by atoms with Gasteiger partial charge in [-0.15, -0.1) is 0 Å². The van der Waals surface area contributed by atoms with E-state index < -0.39 is 7.56 Å². The molecular weight excluding hydrogens is 160 g/mol. The summed E-state index contributed by atoms with van der Waals surface area (Å²) in [5, 5.41) is 3.33. The highest BCUT2D eigenvalue weighted by atomic mass is 19.1. The monoisotopic (exact) mass is 171 g/mol. The molecule has 0 aromatic carbocycles. The van der Waals surface area contributed by atoms with Crippen LogP contribution in [0.2, 0.25) is 0 Å². The Morgan fingerprint density at radius 3 is 2.83 bits per heavy atom. The molecule has 0 aliphatic rings. The van der Waals surface area contributed by atoms with Crippen molar-refractivity contribution in [3.8, 4) is 0 Å². The molecule has 0 saturated heterocycles. The van der Waals surface area contributed by atoms with Crippen LogP contribution in [0.3, 0.4) is 0 Å². The third kappa shape index (κ3) is 7.09. The summed E-state index contributed by atoms with van der Waals surface area (Å²) in [6.07, 6.45) is 2.56. The van der Waals surface area contributed by atoms with Crippen molar-refractivity contribution in [3.05, 3.63) is 10.4 Å². The zero-order valence-electron chi connectivity index (χ0n) is 6.87. The van der Waals surface area contributed by atoms with Gasteiger partial charge in [-0.2, -0.15) is 0 Å². The highest BCUT2D eigenvalue weighted by Crippen LogP contribution is 2.00. The number of hydrogen-bond donors (Lipinski definition) is 0. The van der Waals surface area contributed by atoms with Crippen LogP contribution in [0, 0.1) is 0 Å². The number of hydrogen-bond acceptors (Lipinski definition) is 2. The Balaban J connectivity index is 3.10. The minimum absolute atomic E-state index is 0.298. The molecule has 66 valence electrons. The Morgan fingerprint density at radius 1 is 1.50 bits per heavy atom. The van der Waals surface area contributed by atoms with Gasteiger partial charge in [-0.3, -0.25) is 0 Å². The van der Waals surface area contributed by atoms with E-state index in [0.29, 0.717) is 19.4 Å². The van der Waals surface area contributed by atoms with Gasteiger partial charge in [0.1, 0.15) is 5.68 Å². The fourth-order valence-corrected chi connectivity index (χ4v) is 0.793. The maximum Gasteiger partial charge on any atom is 0.404 e. The summed E-state index contributed by atoms with van der Waals surface area (Å²) < 4.78 is 11.6. The van der Waals surface area contributed by atoms with Crippen LogP contribution in [0.25, 0.3) is 10.4 Å². The van der Waals surface area contributed by atoms with Gasteiger partial charge in [0.25, 0.3) is 0 Å². The van der Waals surface area contributed by atoms with Gasteiger partial charge in [-0.1, -0.05) is 11.5 Å². The summed E-state index contributed by atoms with van der Waals surface area (Å²) in [5.41, 5.74) is 7.56. The predicted molar refractivity (Wildman–Crippen MR) is 45.7 cm³/mol. The maximum absolute atomic E-state index is 11.6. The van der Waals surface area contributed by atoms with E-state index in [2.05, 4.69) is 10.0 Å². The molecule has 0 saturated carbocycles. The van der Waals surface area contributed by atoms with Crippen molar-refractivity contribution in [2.24, 2.45) is 5.11 Å². The van der Waals surface area contributed by atoms with E-state index in [1.165, 1.54) is 0 Å². The number of rotatable bonds is 7. The molecule has 0 bridgehead atoms. The Morgan fingerprint density at radius 2 is 2.25 bits per heavy atom. The lowest BCUT2D eigenvalue weighted by atomic mass is 9.92. The second-order valence-corrected chi connectivity index (χ2v) is 2.44. The Labute approximate surface area is 71.1 Å². The highest BCUT2D eigenvalue weighted by Gasteiger charge is 2.01. The summed E-state index contributed by atoms with van der Waals surface area (Å²) in [6.45, 7) is 0.459. The Bertz CT molecular complexity index is 182. The first-order valence-corrected chi connectivity index (χ1v) is 3.89. The van der Waals surface area contributed by atoms with Gasteiger partial charge in [0, 0.05) is 11.5 Å². The average Bonchev–Trinajstić information content (AvgIpc) is 2.10. The van der Waals surface area contributed by atoms with Crippen LogP contribution < -0.4 is 0 Å². The van der Waals surface area contributed by atoms with Crippen molar-refractivity contribution >= 4 is 13.2 Å². The summed E-state index contributed by atoms with van der Waals surface area (Å²) >= 11 is 0. The molecule has 0 amide bonds. The average molecular weight is 171 g/mol. The third-order valence-corrected chi connectivity index (χ3v) is 1.43. The van der Waals surface area contributed by atoms with Gasteiger partial charge >= 0.3 is 7.56 Å². The summed E-state index contributed by atoms with van der Waals surface area (Å²) in [5.74, 6) is 0. The third-order valence-electron chi connectivity index (χ3n) is 1.43. The summed E-state index contributed by atoms with van der Waals surface area (Å²) in [6, 6.07) is 0. The zero-order chi connectivity index (χ0) is 9.23. The van der Waals surface area contributed by atoms with E-state index in [1.807, 2.05) is 0 Å². The normalized spacial score (nSPS) is 8.75. The van der Waals surface area contributed by atoms with Gasteiger partial charge in [0.2, 0.25) is 0 Å². The standard InChI is InChI=1S/C6H11BFN3O/c8-7-6(12)4-2-1-3-5-10-11-9/h7H,1-5H2. The molecule has 0 aliphatic heterocycles. The minimum Gasteiger partial charge on any atom is -0.331 e. The highest BCUT2D eigenvalue weighted by molar-refractivity contribution is 6.68. The number of unbranched alkanes of at least 4 members (excludes halogenated alkanes) is 2.